The normalized spacial score (nSPS) is 19.1. The smallest absolute Gasteiger partial charge is 0.191 e. The van der Waals surface area contributed by atoms with Crippen LogP contribution in [0.1, 0.15) is 29.5 Å². The number of aliphatic hydroxyl groups is 1. The largest absolute Gasteiger partial charge is 0.396 e. The van der Waals surface area contributed by atoms with E-state index in [2.05, 4.69) is 52.0 Å². The van der Waals surface area contributed by atoms with Gasteiger partial charge in [-0.2, -0.15) is 0 Å². The summed E-state index contributed by atoms with van der Waals surface area (Å²) in [6.45, 7) is 4.22. The SMILES string of the molecule is CN=C(NCc1cccc(COCc2ccccc2)c1)NCC1(CCO)CCOC1. The highest BCUT2D eigenvalue weighted by Crippen LogP contribution is 2.31. The highest BCUT2D eigenvalue weighted by atomic mass is 16.5. The number of nitrogens with zero attached hydrogens (tertiary/aromatic N) is 1. The molecule has 1 unspecified atom stereocenters. The van der Waals surface area contributed by atoms with Crippen LogP contribution in [-0.4, -0.2) is 44.5 Å². The average Bonchev–Trinajstić information content (AvgIpc) is 3.24. The van der Waals surface area contributed by atoms with Gasteiger partial charge in [0.1, 0.15) is 0 Å². The van der Waals surface area contributed by atoms with Crippen LogP contribution in [0.15, 0.2) is 59.6 Å². The van der Waals surface area contributed by atoms with E-state index in [-0.39, 0.29) is 12.0 Å². The third kappa shape index (κ3) is 6.83. The number of hydrogen-bond acceptors (Lipinski definition) is 4. The van der Waals surface area contributed by atoms with E-state index in [0.29, 0.717) is 26.4 Å². The predicted molar refractivity (Wildman–Crippen MR) is 119 cm³/mol. The molecule has 30 heavy (non-hydrogen) atoms. The quantitative estimate of drug-likeness (QED) is 0.414. The number of benzene rings is 2. The molecule has 6 heteroatoms. The van der Waals surface area contributed by atoms with Gasteiger partial charge in [-0.15, -0.1) is 0 Å². The Hall–Kier alpha value is -2.41. The van der Waals surface area contributed by atoms with Gasteiger partial charge in [0, 0.05) is 38.8 Å². The number of guanidine groups is 1. The fraction of sp³-hybridized carbons (Fsp3) is 0.458. The molecule has 1 atom stereocenters. The Labute approximate surface area is 179 Å². The Bertz CT molecular complexity index is 789. The summed E-state index contributed by atoms with van der Waals surface area (Å²) in [4.78, 5) is 4.33. The van der Waals surface area contributed by atoms with Crippen molar-refractivity contribution in [1.82, 2.24) is 10.6 Å². The van der Waals surface area contributed by atoms with Crippen molar-refractivity contribution in [2.75, 3.05) is 33.4 Å². The Morgan fingerprint density at radius 3 is 2.57 bits per heavy atom. The Balaban J connectivity index is 1.45. The molecule has 3 rings (SSSR count). The van der Waals surface area contributed by atoms with E-state index in [1.807, 2.05) is 18.2 Å². The second kappa shape index (κ2) is 11.7. The second-order valence-corrected chi connectivity index (χ2v) is 7.85. The van der Waals surface area contributed by atoms with Gasteiger partial charge in [0.2, 0.25) is 0 Å². The zero-order valence-electron chi connectivity index (χ0n) is 17.8. The minimum absolute atomic E-state index is 0.0115. The lowest BCUT2D eigenvalue weighted by Crippen LogP contribution is -2.44. The summed E-state index contributed by atoms with van der Waals surface area (Å²) in [5.41, 5.74) is 3.49. The van der Waals surface area contributed by atoms with Crippen molar-refractivity contribution in [3.05, 3.63) is 71.3 Å². The molecule has 1 fully saturated rings. The standard InChI is InChI=1S/C24H33N3O3/c1-25-23(27-18-24(10-12-28)11-13-29-19-24)26-15-21-8-5-9-22(14-21)17-30-16-20-6-3-2-4-7-20/h2-9,14,28H,10-13,15-19H2,1H3,(H2,25,26,27). The molecule has 3 N–H and O–H groups in total. The average molecular weight is 412 g/mol. The molecule has 0 saturated carbocycles. The minimum Gasteiger partial charge on any atom is -0.396 e. The van der Waals surface area contributed by atoms with E-state index >= 15 is 0 Å². The number of rotatable bonds is 10. The van der Waals surface area contributed by atoms with Gasteiger partial charge in [0.25, 0.3) is 0 Å². The van der Waals surface area contributed by atoms with Gasteiger partial charge >= 0.3 is 0 Å². The fourth-order valence-electron chi connectivity index (χ4n) is 3.68. The second-order valence-electron chi connectivity index (χ2n) is 7.85. The van der Waals surface area contributed by atoms with Crippen molar-refractivity contribution in [1.29, 1.82) is 0 Å². The van der Waals surface area contributed by atoms with Crippen molar-refractivity contribution in [2.24, 2.45) is 10.4 Å². The van der Waals surface area contributed by atoms with Crippen molar-refractivity contribution in [2.45, 2.75) is 32.6 Å². The maximum absolute atomic E-state index is 9.38. The summed E-state index contributed by atoms with van der Waals surface area (Å²) in [6, 6.07) is 18.6. The topological polar surface area (TPSA) is 75.1 Å². The highest BCUT2D eigenvalue weighted by molar-refractivity contribution is 5.79. The summed E-state index contributed by atoms with van der Waals surface area (Å²) >= 11 is 0. The molecule has 2 aromatic rings. The summed E-state index contributed by atoms with van der Waals surface area (Å²) in [5.74, 6) is 0.755. The number of aliphatic imine (C=N–C) groups is 1. The van der Waals surface area contributed by atoms with Gasteiger partial charge in [-0.05, 0) is 29.5 Å². The van der Waals surface area contributed by atoms with Crippen LogP contribution in [0.5, 0.6) is 0 Å². The molecule has 1 aliphatic heterocycles. The molecular formula is C24H33N3O3. The lowest BCUT2D eigenvalue weighted by molar-refractivity contribution is 0.107. The van der Waals surface area contributed by atoms with Crippen LogP contribution in [0.4, 0.5) is 0 Å². The monoisotopic (exact) mass is 411 g/mol. The van der Waals surface area contributed by atoms with Gasteiger partial charge in [0.15, 0.2) is 5.96 Å². The molecule has 6 nitrogen and oxygen atoms in total. The van der Waals surface area contributed by atoms with Crippen LogP contribution in [0.25, 0.3) is 0 Å². The molecule has 0 aromatic heterocycles. The molecule has 1 saturated heterocycles. The molecule has 162 valence electrons. The van der Waals surface area contributed by atoms with Crippen LogP contribution in [-0.2, 0) is 29.2 Å². The van der Waals surface area contributed by atoms with Crippen molar-refractivity contribution >= 4 is 5.96 Å². The van der Waals surface area contributed by atoms with Gasteiger partial charge in [-0.1, -0.05) is 54.6 Å². The summed E-state index contributed by atoms with van der Waals surface area (Å²) in [5, 5.41) is 16.1. The van der Waals surface area contributed by atoms with E-state index in [9.17, 15) is 5.11 Å². The lowest BCUT2D eigenvalue weighted by Gasteiger charge is -2.27. The Morgan fingerprint density at radius 2 is 1.83 bits per heavy atom. The van der Waals surface area contributed by atoms with Gasteiger partial charge < -0.3 is 25.2 Å². The first kappa shape index (κ1) is 22.3. The van der Waals surface area contributed by atoms with E-state index in [1.54, 1.807) is 7.05 Å². The number of aliphatic hydroxyl groups excluding tert-OH is 1. The maximum Gasteiger partial charge on any atom is 0.191 e. The van der Waals surface area contributed by atoms with E-state index in [1.165, 1.54) is 11.1 Å². The predicted octanol–water partition coefficient (Wildman–Crippen LogP) is 2.86. The van der Waals surface area contributed by atoms with Crippen LogP contribution >= 0.6 is 0 Å². The maximum atomic E-state index is 9.38. The third-order valence-corrected chi connectivity index (χ3v) is 5.51. The highest BCUT2D eigenvalue weighted by Gasteiger charge is 2.34. The molecule has 0 spiro atoms. The van der Waals surface area contributed by atoms with Gasteiger partial charge in [0.05, 0.1) is 19.8 Å². The number of ether oxygens (including phenoxy) is 2. The van der Waals surface area contributed by atoms with Crippen LogP contribution < -0.4 is 10.6 Å². The van der Waals surface area contributed by atoms with Gasteiger partial charge in [-0.3, -0.25) is 4.99 Å². The molecule has 1 aliphatic rings. The lowest BCUT2D eigenvalue weighted by atomic mass is 9.84. The Morgan fingerprint density at radius 1 is 1.07 bits per heavy atom. The number of nitrogens with one attached hydrogen (secondary N) is 2. The van der Waals surface area contributed by atoms with Crippen molar-refractivity contribution < 1.29 is 14.6 Å². The summed E-state index contributed by atoms with van der Waals surface area (Å²) < 4.78 is 11.4. The fourth-order valence-corrected chi connectivity index (χ4v) is 3.68. The molecule has 2 aromatic carbocycles. The number of hydrogen-bond donors (Lipinski definition) is 3. The summed E-state index contributed by atoms with van der Waals surface area (Å²) in [7, 11) is 1.77. The van der Waals surface area contributed by atoms with Crippen molar-refractivity contribution in [3.63, 3.8) is 0 Å². The Kier molecular flexibility index (Phi) is 8.68. The van der Waals surface area contributed by atoms with Crippen LogP contribution in [0.2, 0.25) is 0 Å². The van der Waals surface area contributed by atoms with Crippen LogP contribution in [0, 0.1) is 5.41 Å². The molecule has 0 aliphatic carbocycles. The third-order valence-electron chi connectivity index (χ3n) is 5.51. The molecule has 0 bridgehead atoms. The molecular weight excluding hydrogens is 378 g/mol. The zero-order chi connectivity index (χ0) is 21.1. The first-order chi connectivity index (χ1) is 14.7. The minimum atomic E-state index is -0.0115. The first-order valence-corrected chi connectivity index (χ1v) is 10.6. The van der Waals surface area contributed by atoms with E-state index < -0.39 is 0 Å². The van der Waals surface area contributed by atoms with Crippen LogP contribution in [0.3, 0.4) is 0 Å². The molecule has 1 heterocycles. The molecule has 0 radical (unpaired) electrons. The first-order valence-electron chi connectivity index (χ1n) is 10.6. The van der Waals surface area contributed by atoms with Gasteiger partial charge in [-0.25, -0.2) is 0 Å². The summed E-state index contributed by atoms with van der Waals surface area (Å²) in [6.07, 6.45) is 1.70. The van der Waals surface area contributed by atoms with E-state index in [4.69, 9.17) is 9.47 Å². The van der Waals surface area contributed by atoms with E-state index in [0.717, 1.165) is 37.5 Å². The van der Waals surface area contributed by atoms with Crippen molar-refractivity contribution in [3.8, 4) is 0 Å². The molecule has 0 amide bonds. The zero-order valence-corrected chi connectivity index (χ0v) is 17.8.